The summed E-state index contributed by atoms with van der Waals surface area (Å²) in [7, 11) is 4.18. The number of hydrogen-bond acceptors (Lipinski definition) is 3. The van der Waals surface area contributed by atoms with Gasteiger partial charge in [-0.2, -0.15) is 0 Å². The third-order valence-corrected chi connectivity index (χ3v) is 3.90. The lowest BCUT2D eigenvalue weighted by Gasteiger charge is -2.35. The quantitative estimate of drug-likeness (QED) is 0.636. The largest absolute Gasteiger partial charge is 0.380 e. The zero-order chi connectivity index (χ0) is 12.7. The molecule has 17 heavy (non-hydrogen) atoms. The summed E-state index contributed by atoms with van der Waals surface area (Å²) in [6.45, 7) is 10.0. The Morgan fingerprint density at radius 2 is 1.94 bits per heavy atom. The van der Waals surface area contributed by atoms with Crippen molar-refractivity contribution in [3.63, 3.8) is 0 Å². The van der Waals surface area contributed by atoms with Crippen LogP contribution < -0.4 is 0 Å². The van der Waals surface area contributed by atoms with E-state index >= 15 is 0 Å². The summed E-state index contributed by atoms with van der Waals surface area (Å²) in [5, 5.41) is 0. The van der Waals surface area contributed by atoms with Gasteiger partial charge in [-0.15, -0.1) is 0 Å². The van der Waals surface area contributed by atoms with E-state index in [9.17, 15) is 0 Å². The first-order valence-corrected chi connectivity index (χ1v) is 7.10. The molecule has 0 saturated carbocycles. The summed E-state index contributed by atoms with van der Waals surface area (Å²) in [4.78, 5) is 4.79. The topological polar surface area (TPSA) is 15.7 Å². The fourth-order valence-corrected chi connectivity index (χ4v) is 2.32. The Bertz CT molecular complexity index is 189. The Kier molecular flexibility index (Phi) is 7.09. The van der Waals surface area contributed by atoms with E-state index in [1.165, 1.54) is 32.4 Å². The molecule has 0 aromatic rings. The molecule has 0 aromatic carbocycles. The highest BCUT2D eigenvalue weighted by Gasteiger charge is 2.21. The van der Waals surface area contributed by atoms with E-state index in [0.29, 0.717) is 0 Å². The lowest BCUT2D eigenvalue weighted by atomic mass is 9.96. The van der Waals surface area contributed by atoms with Crippen LogP contribution in [0.25, 0.3) is 0 Å². The van der Waals surface area contributed by atoms with E-state index in [-0.39, 0.29) is 0 Å². The normalized spacial score (nSPS) is 21.0. The molecule has 3 heteroatoms. The van der Waals surface area contributed by atoms with Gasteiger partial charge in [-0.3, -0.25) is 0 Å². The fourth-order valence-electron chi connectivity index (χ4n) is 2.32. The van der Waals surface area contributed by atoms with Crippen molar-refractivity contribution in [2.24, 2.45) is 5.92 Å². The highest BCUT2D eigenvalue weighted by atomic mass is 16.5. The van der Waals surface area contributed by atoms with Crippen molar-refractivity contribution in [3.05, 3.63) is 0 Å². The van der Waals surface area contributed by atoms with Crippen LogP contribution in [0.3, 0.4) is 0 Å². The highest BCUT2D eigenvalue weighted by molar-refractivity contribution is 4.75. The Balaban J connectivity index is 2.07. The third-order valence-electron chi connectivity index (χ3n) is 3.90. The maximum Gasteiger partial charge on any atom is 0.0593 e. The summed E-state index contributed by atoms with van der Waals surface area (Å²) in [5.74, 6) is 0.789. The molecule has 0 amide bonds. The van der Waals surface area contributed by atoms with E-state index in [4.69, 9.17) is 4.74 Å². The summed E-state index contributed by atoms with van der Waals surface area (Å²) < 4.78 is 5.75. The predicted octanol–water partition coefficient (Wildman–Crippen LogP) is 2.08. The number of likely N-dealkylation sites (tertiary alicyclic amines) is 1. The average molecular weight is 242 g/mol. The maximum atomic E-state index is 5.75. The van der Waals surface area contributed by atoms with Crippen LogP contribution in [0.15, 0.2) is 0 Å². The predicted molar refractivity (Wildman–Crippen MR) is 73.4 cm³/mol. The van der Waals surface area contributed by atoms with Crippen molar-refractivity contribution in [1.29, 1.82) is 0 Å². The number of likely N-dealkylation sites (N-methyl/N-ethyl adjacent to an activating group) is 1. The number of hydrogen-bond donors (Lipinski definition) is 0. The van der Waals surface area contributed by atoms with Crippen molar-refractivity contribution < 1.29 is 4.74 Å². The molecule has 0 radical (unpaired) electrons. The van der Waals surface area contributed by atoms with Gasteiger partial charge in [0.1, 0.15) is 0 Å². The SMILES string of the molecule is CCC(C)N1CCC(COCCN(C)C)CC1. The molecule has 1 aliphatic heterocycles. The van der Waals surface area contributed by atoms with Crippen LogP contribution >= 0.6 is 0 Å². The lowest BCUT2D eigenvalue weighted by molar-refractivity contribution is 0.0511. The van der Waals surface area contributed by atoms with Crippen LogP contribution in [0.5, 0.6) is 0 Å². The molecule has 1 fully saturated rings. The third kappa shape index (κ3) is 5.84. The van der Waals surface area contributed by atoms with Crippen molar-refractivity contribution in [3.8, 4) is 0 Å². The molecule has 3 nitrogen and oxygen atoms in total. The average Bonchev–Trinajstić information content (AvgIpc) is 2.34. The second kappa shape index (κ2) is 8.06. The van der Waals surface area contributed by atoms with Gasteiger partial charge in [0.25, 0.3) is 0 Å². The monoisotopic (exact) mass is 242 g/mol. The molecule has 1 saturated heterocycles. The van der Waals surface area contributed by atoms with Crippen LogP contribution in [0, 0.1) is 5.92 Å². The summed E-state index contributed by atoms with van der Waals surface area (Å²) in [6.07, 6.45) is 3.89. The van der Waals surface area contributed by atoms with Gasteiger partial charge >= 0.3 is 0 Å². The van der Waals surface area contributed by atoms with Crippen LogP contribution in [-0.2, 0) is 4.74 Å². The van der Waals surface area contributed by atoms with Gasteiger partial charge in [0.05, 0.1) is 6.61 Å². The summed E-state index contributed by atoms with van der Waals surface area (Å²) in [5.41, 5.74) is 0. The second-order valence-corrected chi connectivity index (χ2v) is 5.61. The molecule has 0 spiro atoms. The standard InChI is InChI=1S/C14H30N2O/c1-5-13(2)16-8-6-14(7-9-16)12-17-11-10-15(3)4/h13-14H,5-12H2,1-4H3. The van der Waals surface area contributed by atoms with Gasteiger partial charge in [-0.1, -0.05) is 6.92 Å². The van der Waals surface area contributed by atoms with E-state index in [0.717, 1.165) is 31.7 Å². The van der Waals surface area contributed by atoms with E-state index in [2.05, 4.69) is 37.7 Å². The molecule has 1 aliphatic rings. The Morgan fingerprint density at radius 3 is 2.47 bits per heavy atom. The van der Waals surface area contributed by atoms with Gasteiger partial charge < -0.3 is 14.5 Å². The minimum atomic E-state index is 0.755. The van der Waals surface area contributed by atoms with Gasteiger partial charge in [-0.05, 0) is 59.3 Å². The molecule has 0 bridgehead atoms. The maximum absolute atomic E-state index is 5.75. The van der Waals surface area contributed by atoms with Crippen LogP contribution in [0.1, 0.15) is 33.1 Å². The summed E-state index contributed by atoms with van der Waals surface area (Å²) >= 11 is 0. The van der Waals surface area contributed by atoms with E-state index in [1.54, 1.807) is 0 Å². The fraction of sp³-hybridized carbons (Fsp3) is 1.00. The minimum absolute atomic E-state index is 0.755. The molecular weight excluding hydrogens is 212 g/mol. The molecule has 0 aliphatic carbocycles. The Labute approximate surface area is 107 Å². The van der Waals surface area contributed by atoms with Gasteiger partial charge in [-0.25, -0.2) is 0 Å². The molecule has 102 valence electrons. The van der Waals surface area contributed by atoms with E-state index in [1.807, 2.05) is 0 Å². The first-order valence-electron chi connectivity index (χ1n) is 7.10. The number of rotatable bonds is 7. The highest BCUT2D eigenvalue weighted by Crippen LogP contribution is 2.20. The first kappa shape index (κ1) is 14.9. The van der Waals surface area contributed by atoms with Crippen molar-refractivity contribution in [2.45, 2.75) is 39.2 Å². The van der Waals surface area contributed by atoms with Crippen LogP contribution in [0.4, 0.5) is 0 Å². The Hall–Kier alpha value is -0.120. The lowest BCUT2D eigenvalue weighted by Crippen LogP contribution is -2.40. The number of piperidine rings is 1. The number of ether oxygens (including phenoxy) is 1. The van der Waals surface area contributed by atoms with Gasteiger partial charge in [0, 0.05) is 19.2 Å². The second-order valence-electron chi connectivity index (χ2n) is 5.61. The first-order chi connectivity index (χ1) is 8.13. The van der Waals surface area contributed by atoms with Crippen LogP contribution in [0.2, 0.25) is 0 Å². The van der Waals surface area contributed by atoms with Gasteiger partial charge in [0.15, 0.2) is 0 Å². The van der Waals surface area contributed by atoms with Gasteiger partial charge in [0.2, 0.25) is 0 Å². The van der Waals surface area contributed by atoms with Crippen LogP contribution in [-0.4, -0.2) is 62.8 Å². The van der Waals surface area contributed by atoms with Crippen molar-refractivity contribution in [2.75, 3.05) is 46.9 Å². The smallest absolute Gasteiger partial charge is 0.0593 e. The molecule has 1 rings (SSSR count). The molecular formula is C14H30N2O. The van der Waals surface area contributed by atoms with Crippen molar-refractivity contribution >= 4 is 0 Å². The number of nitrogens with zero attached hydrogens (tertiary/aromatic N) is 2. The molecule has 1 atom stereocenters. The molecule has 1 heterocycles. The molecule has 1 unspecified atom stereocenters. The molecule has 0 aromatic heterocycles. The van der Waals surface area contributed by atoms with E-state index < -0.39 is 0 Å². The summed E-state index contributed by atoms with van der Waals surface area (Å²) in [6, 6.07) is 0.755. The minimum Gasteiger partial charge on any atom is -0.380 e. The van der Waals surface area contributed by atoms with Crippen molar-refractivity contribution in [1.82, 2.24) is 9.80 Å². The zero-order valence-corrected chi connectivity index (χ0v) is 12.1. The zero-order valence-electron chi connectivity index (χ0n) is 12.1. The molecule has 0 N–H and O–H groups in total. The Morgan fingerprint density at radius 1 is 1.29 bits per heavy atom.